The van der Waals surface area contributed by atoms with E-state index in [1.807, 2.05) is 42.5 Å². The summed E-state index contributed by atoms with van der Waals surface area (Å²) in [6.45, 7) is 0. The van der Waals surface area contributed by atoms with Crippen LogP contribution in [0.15, 0.2) is 72.8 Å². The molecule has 3 aromatic carbocycles. The molecule has 0 radical (unpaired) electrons. The SMILES string of the molecule is O=C(CC1c2ccccc2Oc2ccc(F)cc21)c1ccccc1. The minimum absolute atomic E-state index is 0.0347. The van der Waals surface area contributed by atoms with Gasteiger partial charge < -0.3 is 4.74 Å². The molecule has 1 unspecified atom stereocenters. The number of Topliss-reactive ketones (excluding diaryl/α,β-unsaturated/α-hetero) is 1. The minimum atomic E-state index is -0.325. The highest BCUT2D eigenvalue weighted by Gasteiger charge is 2.29. The van der Waals surface area contributed by atoms with Gasteiger partial charge in [-0.2, -0.15) is 0 Å². The molecule has 0 aliphatic carbocycles. The monoisotopic (exact) mass is 318 g/mol. The Morgan fingerprint density at radius 3 is 2.42 bits per heavy atom. The van der Waals surface area contributed by atoms with Gasteiger partial charge in [0.1, 0.15) is 17.3 Å². The summed E-state index contributed by atoms with van der Waals surface area (Å²) in [6, 6.07) is 21.3. The van der Waals surface area contributed by atoms with E-state index in [0.29, 0.717) is 11.3 Å². The molecule has 0 bridgehead atoms. The van der Waals surface area contributed by atoms with Gasteiger partial charge in [-0.25, -0.2) is 4.39 Å². The van der Waals surface area contributed by atoms with Crippen LogP contribution in [0.5, 0.6) is 11.5 Å². The van der Waals surface area contributed by atoms with Gasteiger partial charge in [0.05, 0.1) is 0 Å². The molecule has 0 amide bonds. The quantitative estimate of drug-likeness (QED) is 0.610. The van der Waals surface area contributed by atoms with E-state index >= 15 is 0 Å². The van der Waals surface area contributed by atoms with Crippen molar-refractivity contribution in [2.24, 2.45) is 0 Å². The summed E-state index contributed by atoms with van der Waals surface area (Å²) >= 11 is 0. The van der Waals surface area contributed by atoms with Crippen molar-refractivity contribution in [3.05, 3.63) is 95.3 Å². The second kappa shape index (κ2) is 5.93. The minimum Gasteiger partial charge on any atom is -0.457 e. The van der Waals surface area contributed by atoms with Crippen molar-refractivity contribution < 1.29 is 13.9 Å². The standard InChI is InChI=1S/C21H15FO2/c22-15-10-11-21-18(12-15)17(16-8-4-5-9-20(16)24-21)13-19(23)14-6-2-1-3-7-14/h1-12,17H,13H2. The fraction of sp³-hybridized carbons (Fsp3) is 0.0952. The highest BCUT2D eigenvalue weighted by atomic mass is 19.1. The normalized spacial score (nSPS) is 15.1. The van der Waals surface area contributed by atoms with Gasteiger partial charge in [-0.05, 0) is 24.3 Å². The molecular weight excluding hydrogens is 303 g/mol. The van der Waals surface area contributed by atoms with Crippen molar-refractivity contribution in [2.45, 2.75) is 12.3 Å². The largest absolute Gasteiger partial charge is 0.457 e. The molecule has 1 atom stereocenters. The first kappa shape index (κ1) is 14.6. The third-order valence-electron chi connectivity index (χ3n) is 4.35. The molecule has 1 aliphatic rings. The van der Waals surface area contributed by atoms with Gasteiger partial charge in [-0.3, -0.25) is 4.79 Å². The van der Waals surface area contributed by atoms with E-state index in [0.717, 1.165) is 16.9 Å². The molecule has 4 rings (SSSR count). The summed E-state index contributed by atoms with van der Waals surface area (Å²) in [7, 11) is 0. The number of ether oxygens (including phenoxy) is 1. The zero-order valence-corrected chi connectivity index (χ0v) is 12.9. The topological polar surface area (TPSA) is 26.3 Å². The van der Waals surface area contributed by atoms with Crippen LogP contribution < -0.4 is 4.74 Å². The van der Waals surface area contributed by atoms with Gasteiger partial charge in [-0.1, -0.05) is 48.5 Å². The first-order valence-electron chi connectivity index (χ1n) is 7.87. The van der Waals surface area contributed by atoms with E-state index in [1.54, 1.807) is 18.2 Å². The van der Waals surface area contributed by atoms with Gasteiger partial charge in [0.25, 0.3) is 0 Å². The Balaban J connectivity index is 1.77. The van der Waals surface area contributed by atoms with Crippen LogP contribution in [0.1, 0.15) is 33.8 Å². The lowest BCUT2D eigenvalue weighted by atomic mass is 9.83. The molecule has 2 nitrogen and oxygen atoms in total. The number of fused-ring (bicyclic) bond motifs is 2. The summed E-state index contributed by atoms with van der Waals surface area (Å²) < 4.78 is 19.6. The molecule has 0 spiro atoms. The van der Waals surface area contributed by atoms with E-state index < -0.39 is 0 Å². The lowest BCUT2D eigenvalue weighted by molar-refractivity contribution is 0.0976. The fourth-order valence-corrected chi connectivity index (χ4v) is 3.18. The predicted molar refractivity (Wildman–Crippen MR) is 90.1 cm³/mol. The third kappa shape index (κ3) is 2.58. The zero-order chi connectivity index (χ0) is 16.5. The van der Waals surface area contributed by atoms with E-state index in [-0.39, 0.29) is 23.9 Å². The number of carbonyl (C=O) groups is 1. The lowest BCUT2D eigenvalue weighted by Crippen LogP contribution is -2.14. The van der Waals surface area contributed by atoms with Crippen molar-refractivity contribution in [3.63, 3.8) is 0 Å². The predicted octanol–water partition coefficient (Wildman–Crippen LogP) is 5.34. The average Bonchev–Trinajstić information content (AvgIpc) is 2.62. The molecule has 118 valence electrons. The number of rotatable bonds is 3. The van der Waals surface area contributed by atoms with Gasteiger partial charge in [-0.15, -0.1) is 0 Å². The maximum Gasteiger partial charge on any atom is 0.163 e. The molecule has 1 aliphatic heterocycles. The first-order chi connectivity index (χ1) is 11.7. The van der Waals surface area contributed by atoms with Crippen molar-refractivity contribution in [1.82, 2.24) is 0 Å². The number of halogens is 1. The molecule has 0 fully saturated rings. The summed E-state index contributed by atoms with van der Waals surface area (Å²) in [5, 5.41) is 0. The van der Waals surface area contributed by atoms with Crippen LogP contribution in [0.25, 0.3) is 0 Å². The van der Waals surface area contributed by atoms with Gasteiger partial charge in [0, 0.05) is 29.0 Å². The third-order valence-corrected chi connectivity index (χ3v) is 4.35. The molecular formula is C21H15FO2. The van der Waals surface area contributed by atoms with E-state index in [4.69, 9.17) is 4.74 Å². The number of carbonyl (C=O) groups excluding carboxylic acids is 1. The van der Waals surface area contributed by atoms with E-state index in [1.165, 1.54) is 12.1 Å². The number of para-hydroxylation sites is 1. The Hall–Kier alpha value is -2.94. The molecule has 1 heterocycles. The average molecular weight is 318 g/mol. The van der Waals surface area contributed by atoms with E-state index in [9.17, 15) is 9.18 Å². The second-order valence-electron chi connectivity index (χ2n) is 5.87. The van der Waals surface area contributed by atoms with Crippen LogP contribution in [0.2, 0.25) is 0 Å². The van der Waals surface area contributed by atoms with Crippen molar-refractivity contribution in [1.29, 1.82) is 0 Å². The van der Waals surface area contributed by atoms with Crippen LogP contribution >= 0.6 is 0 Å². The molecule has 3 aromatic rings. The highest BCUT2D eigenvalue weighted by molar-refractivity contribution is 5.97. The molecule has 0 saturated heterocycles. The second-order valence-corrected chi connectivity index (χ2v) is 5.87. The van der Waals surface area contributed by atoms with Crippen LogP contribution in [0.4, 0.5) is 4.39 Å². The lowest BCUT2D eigenvalue weighted by Gasteiger charge is -2.28. The Bertz CT molecular complexity index is 903. The van der Waals surface area contributed by atoms with Crippen molar-refractivity contribution >= 4 is 5.78 Å². The first-order valence-corrected chi connectivity index (χ1v) is 7.87. The molecule has 0 saturated carbocycles. The van der Waals surface area contributed by atoms with Crippen LogP contribution in [-0.4, -0.2) is 5.78 Å². The van der Waals surface area contributed by atoms with Gasteiger partial charge >= 0.3 is 0 Å². The molecule has 24 heavy (non-hydrogen) atoms. The van der Waals surface area contributed by atoms with Crippen LogP contribution in [0, 0.1) is 5.82 Å². The van der Waals surface area contributed by atoms with Crippen LogP contribution in [-0.2, 0) is 0 Å². The molecule has 0 N–H and O–H groups in total. The number of hydrogen-bond acceptors (Lipinski definition) is 2. The highest BCUT2D eigenvalue weighted by Crippen LogP contribution is 2.46. The molecule has 3 heteroatoms. The Morgan fingerprint density at radius 2 is 1.58 bits per heavy atom. The number of benzene rings is 3. The number of ketones is 1. The fourth-order valence-electron chi connectivity index (χ4n) is 3.18. The molecule has 0 aromatic heterocycles. The Morgan fingerprint density at radius 1 is 0.875 bits per heavy atom. The van der Waals surface area contributed by atoms with Gasteiger partial charge in [0.15, 0.2) is 5.78 Å². The zero-order valence-electron chi connectivity index (χ0n) is 12.9. The smallest absolute Gasteiger partial charge is 0.163 e. The summed E-state index contributed by atoms with van der Waals surface area (Å²) in [5.74, 6) is 0.832. The maximum atomic E-state index is 13.8. The maximum absolute atomic E-state index is 13.8. The Labute approximate surface area is 139 Å². The summed E-state index contributed by atoms with van der Waals surface area (Å²) in [4.78, 5) is 12.7. The van der Waals surface area contributed by atoms with Gasteiger partial charge in [0.2, 0.25) is 0 Å². The van der Waals surface area contributed by atoms with Crippen molar-refractivity contribution in [2.75, 3.05) is 0 Å². The van der Waals surface area contributed by atoms with E-state index in [2.05, 4.69) is 0 Å². The number of hydrogen-bond donors (Lipinski definition) is 0. The summed E-state index contributed by atoms with van der Waals surface area (Å²) in [6.07, 6.45) is 0.279. The Kier molecular flexibility index (Phi) is 3.62. The van der Waals surface area contributed by atoms with Crippen LogP contribution in [0.3, 0.4) is 0 Å². The summed E-state index contributed by atoms with van der Waals surface area (Å²) in [5.41, 5.74) is 2.30. The van der Waals surface area contributed by atoms with Crippen molar-refractivity contribution in [3.8, 4) is 11.5 Å².